The first-order valence-electron chi connectivity index (χ1n) is 12.3. The number of hydrogen-bond acceptors (Lipinski definition) is 5. The lowest BCUT2D eigenvalue weighted by molar-refractivity contribution is -0.140. The first kappa shape index (κ1) is 25.2. The fourth-order valence-corrected chi connectivity index (χ4v) is 4.55. The number of aliphatic carboxylic acids is 1. The number of ether oxygens (including phenoxy) is 1. The summed E-state index contributed by atoms with van der Waals surface area (Å²) in [4.78, 5) is 24.2. The molecule has 2 N–H and O–H groups in total. The van der Waals surface area contributed by atoms with Gasteiger partial charge >= 0.3 is 12.1 Å². The summed E-state index contributed by atoms with van der Waals surface area (Å²) >= 11 is 0. The number of carbonyl (C=O) groups is 2. The fourth-order valence-electron chi connectivity index (χ4n) is 4.55. The van der Waals surface area contributed by atoms with Gasteiger partial charge in [0.25, 0.3) is 0 Å². The van der Waals surface area contributed by atoms with Gasteiger partial charge in [-0.2, -0.15) is 0 Å². The maximum atomic E-state index is 13.0. The van der Waals surface area contributed by atoms with E-state index >= 15 is 0 Å². The van der Waals surface area contributed by atoms with Crippen LogP contribution in [-0.2, 0) is 21.6 Å². The van der Waals surface area contributed by atoms with Gasteiger partial charge in [0.2, 0.25) is 0 Å². The average Bonchev–Trinajstić information content (AvgIpc) is 3.68. The van der Waals surface area contributed by atoms with Crippen LogP contribution in [-0.4, -0.2) is 22.3 Å². The lowest BCUT2D eigenvalue weighted by Crippen LogP contribution is -2.19. The van der Waals surface area contributed by atoms with E-state index in [0.717, 1.165) is 16.7 Å². The van der Waals surface area contributed by atoms with E-state index in [1.807, 2.05) is 48.5 Å². The van der Waals surface area contributed by atoms with Crippen molar-refractivity contribution >= 4 is 17.7 Å². The van der Waals surface area contributed by atoms with Gasteiger partial charge in [0.15, 0.2) is 5.76 Å². The van der Waals surface area contributed by atoms with Crippen LogP contribution in [0.15, 0.2) is 77.3 Å². The molecular formula is C30H27FN2O5. The minimum Gasteiger partial charge on any atom is -0.481 e. The first-order chi connectivity index (χ1) is 18.3. The third-order valence-corrected chi connectivity index (χ3v) is 7.03. The molecule has 4 aromatic rings. The molecule has 1 aliphatic rings. The summed E-state index contributed by atoms with van der Waals surface area (Å²) in [6, 6.07) is 22.0. The molecule has 1 heterocycles. The summed E-state index contributed by atoms with van der Waals surface area (Å²) < 4.78 is 24.0. The average molecular weight is 515 g/mol. The molecule has 1 saturated carbocycles. The number of carbonyl (C=O) groups excluding carboxylic acids is 1. The van der Waals surface area contributed by atoms with Crippen LogP contribution in [0.1, 0.15) is 48.3 Å². The quantitative estimate of drug-likeness (QED) is 0.258. The van der Waals surface area contributed by atoms with E-state index in [-0.39, 0.29) is 0 Å². The molecule has 8 heteroatoms. The summed E-state index contributed by atoms with van der Waals surface area (Å²) in [6.07, 6.45) is 0.0767. The number of carboxylic acid groups (broad SMARTS) is 1. The van der Waals surface area contributed by atoms with E-state index in [0.29, 0.717) is 46.7 Å². The summed E-state index contributed by atoms with van der Waals surface area (Å²) in [7, 11) is 0. The maximum Gasteiger partial charge on any atom is 0.412 e. The molecule has 7 nitrogen and oxygen atoms in total. The van der Waals surface area contributed by atoms with Crippen molar-refractivity contribution in [3.63, 3.8) is 0 Å². The zero-order valence-electron chi connectivity index (χ0n) is 21.0. The number of aromatic nitrogens is 1. The number of nitrogens with one attached hydrogen (secondary N) is 1. The van der Waals surface area contributed by atoms with E-state index in [2.05, 4.69) is 10.5 Å². The van der Waals surface area contributed by atoms with Gasteiger partial charge in [0, 0.05) is 5.56 Å². The summed E-state index contributed by atoms with van der Waals surface area (Å²) in [5, 5.41) is 16.2. The molecule has 5 rings (SSSR count). The van der Waals surface area contributed by atoms with Crippen molar-refractivity contribution in [1.82, 2.24) is 5.16 Å². The molecule has 1 amide bonds. The zero-order valence-corrected chi connectivity index (χ0v) is 21.0. The van der Waals surface area contributed by atoms with Crippen LogP contribution in [0.4, 0.5) is 14.9 Å². The van der Waals surface area contributed by atoms with Crippen LogP contribution in [0.5, 0.6) is 0 Å². The lowest BCUT2D eigenvalue weighted by atomic mass is 9.93. The topological polar surface area (TPSA) is 102 Å². The van der Waals surface area contributed by atoms with Crippen molar-refractivity contribution in [3.05, 3.63) is 95.2 Å². The molecule has 194 valence electrons. The molecule has 1 unspecified atom stereocenters. The van der Waals surface area contributed by atoms with Crippen molar-refractivity contribution in [3.8, 4) is 22.5 Å². The Morgan fingerprint density at radius 1 is 1.05 bits per heavy atom. The minimum absolute atomic E-state index is 0.394. The van der Waals surface area contributed by atoms with Gasteiger partial charge in [-0.05, 0) is 60.6 Å². The van der Waals surface area contributed by atoms with Gasteiger partial charge in [-0.3, -0.25) is 10.1 Å². The zero-order chi connectivity index (χ0) is 26.9. The Labute approximate surface area is 219 Å². The maximum absolute atomic E-state index is 13.0. The van der Waals surface area contributed by atoms with Crippen LogP contribution in [0.2, 0.25) is 0 Å². The van der Waals surface area contributed by atoms with E-state index in [4.69, 9.17) is 9.26 Å². The monoisotopic (exact) mass is 514 g/mol. The standard InChI is InChI=1S/C30H27FN2O5/c1-18-26(32-29(36)37-19(2)24-5-3-4-20(16-24)17-31)27(38-33-18)23-8-6-21(7-9-23)22-10-12-25(13-11-22)30(14-15-30)28(34)35/h3-13,16,19H,14-15,17H2,1-2H3,(H,32,36)(H,34,35). The number of rotatable bonds is 8. The molecule has 0 spiro atoms. The van der Waals surface area contributed by atoms with Crippen molar-refractivity contribution in [2.24, 2.45) is 0 Å². The summed E-state index contributed by atoms with van der Waals surface area (Å²) in [5.74, 6) is -0.378. The lowest BCUT2D eigenvalue weighted by Gasteiger charge is -2.15. The van der Waals surface area contributed by atoms with Gasteiger partial charge in [-0.25, -0.2) is 9.18 Å². The molecule has 3 aromatic carbocycles. The fraction of sp³-hybridized carbons (Fsp3) is 0.233. The Bertz CT molecular complexity index is 1470. The van der Waals surface area contributed by atoms with Crippen molar-refractivity contribution < 1.29 is 28.3 Å². The number of aryl methyl sites for hydroxylation is 1. The molecule has 0 aliphatic heterocycles. The van der Waals surface area contributed by atoms with Gasteiger partial charge in [0.05, 0.1) is 5.41 Å². The third-order valence-electron chi connectivity index (χ3n) is 7.03. The predicted molar refractivity (Wildman–Crippen MR) is 140 cm³/mol. The molecule has 1 aromatic heterocycles. The van der Waals surface area contributed by atoms with Gasteiger partial charge in [0.1, 0.15) is 24.2 Å². The van der Waals surface area contributed by atoms with Crippen LogP contribution in [0.25, 0.3) is 22.5 Å². The third kappa shape index (κ3) is 4.89. The molecule has 1 atom stereocenters. The highest BCUT2D eigenvalue weighted by Crippen LogP contribution is 2.48. The van der Waals surface area contributed by atoms with Crippen molar-refractivity contribution in [2.45, 2.75) is 44.9 Å². The van der Waals surface area contributed by atoms with Crippen LogP contribution >= 0.6 is 0 Å². The van der Waals surface area contributed by atoms with E-state index in [1.54, 1.807) is 38.1 Å². The highest BCUT2D eigenvalue weighted by atomic mass is 19.1. The Balaban J connectivity index is 1.29. The number of anilines is 1. The summed E-state index contributed by atoms with van der Waals surface area (Å²) in [5.41, 5.74) is 4.84. The van der Waals surface area contributed by atoms with Gasteiger partial charge in [-0.1, -0.05) is 71.9 Å². The molecule has 1 fully saturated rings. The van der Waals surface area contributed by atoms with Crippen molar-refractivity contribution in [1.29, 1.82) is 0 Å². The van der Waals surface area contributed by atoms with Gasteiger partial charge < -0.3 is 14.4 Å². The SMILES string of the molecule is Cc1noc(-c2ccc(-c3ccc(C4(C(=O)O)CC4)cc3)cc2)c1NC(=O)OC(C)c1cccc(CF)c1. The number of alkyl halides is 1. The number of halogens is 1. The Kier molecular flexibility index (Phi) is 6.72. The Morgan fingerprint density at radius 3 is 2.29 bits per heavy atom. The molecule has 0 bridgehead atoms. The van der Waals surface area contributed by atoms with E-state index in [1.165, 1.54) is 0 Å². The number of carboxylic acids is 1. The largest absolute Gasteiger partial charge is 0.481 e. The van der Waals surface area contributed by atoms with Crippen LogP contribution < -0.4 is 5.32 Å². The number of nitrogens with zero attached hydrogens (tertiary/aromatic N) is 1. The summed E-state index contributed by atoms with van der Waals surface area (Å²) in [6.45, 7) is 2.84. The molecule has 1 aliphatic carbocycles. The second-order valence-corrected chi connectivity index (χ2v) is 9.57. The second-order valence-electron chi connectivity index (χ2n) is 9.57. The highest BCUT2D eigenvalue weighted by molar-refractivity contribution is 5.91. The van der Waals surface area contributed by atoms with Crippen molar-refractivity contribution in [2.75, 3.05) is 5.32 Å². The number of benzene rings is 3. The van der Waals surface area contributed by atoms with Gasteiger partial charge in [-0.15, -0.1) is 0 Å². The molecule has 38 heavy (non-hydrogen) atoms. The second kappa shape index (κ2) is 10.1. The first-order valence-corrected chi connectivity index (χ1v) is 12.3. The molecule has 0 radical (unpaired) electrons. The Hall–Kier alpha value is -4.46. The molecular weight excluding hydrogens is 487 g/mol. The van der Waals surface area contributed by atoms with Crippen LogP contribution in [0, 0.1) is 6.92 Å². The predicted octanol–water partition coefficient (Wildman–Crippen LogP) is 7.21. The number of hydrogen-bond donors (Lipinski definition) is 2. The minimum atomic E-state index is -0.772. The Morgan fingerprint density at radius 2 is 1.68 bits per heavy atom. The van der Waals surface area contributed by atoms with E-state index < -0.39 is 30.3 Å². The normalized spacial score (nSPS) is 14.5. The van der Waals surface area contributed by atoms with E-state index in [9.17, 15) is 19.1 Å². The smallest absolute Gasteiger partial charge is 0.412 e. The number of amides is 1. The van der Waals surface area contributed by atoms with Crippen LogP contribution in [0.3, 0.4) is 0 Å². The highest BCUT2D eigenvalue weighted by Gasteiger charge is 2.51. The molecule has 0 saturated heterocycles.